The molecule has 0 saturated carbocycles. The Balaban J connectivity index is 1.83. The minimum absolute atomic E-state index is 0.131. The van der Waals surface area contributed by atoms with E-state index in [2.05, 4.69) is 9.71 Å². The van der Waals surface area contributed by atoms with Crippen LogP contribution in [0.1, 0.15) is 0 Å². The molecule has 0 unspecified atom stereocenters. The molecule has 118 valence electrons. The number of thiazole rings is 1. The summed E-state index contributed by atoms with van der Waals surface area (Å²) in [4.78, 5) is 4.43. The van der Waals surface area contributed by atoms with Crippen molar-refractivity contribution >= 4 is 43.8 Å². The first-order chi connectivity index (χ1) is 10.9. The van der Waals surface area contributed by atoms with E-state index in [9.17, 15) is 8.42 Å². The van der Waals surface area contributed by atoms with Crippen molar-refractivity contribution in [2.24, 2.45) is 0 Å². The Morgan fingerprint density at radius 1 is 1.04 bits per heavy atom. The molecular formula is C15H12ClN3O2S2. The third kappa shape index (κ3) is 3.64. The standard InChI is InChI=1S/C15H12ClN3O2S2/c16-11-3-7-13(8-4-11)23(20,21)19-15-18-14(9-22-15)10-1-5-12(17)6-2-10/h1-9H,17H2,(H,18,19). The van der Waals surface area contributed by atoms with Crippen LogP contribution in [0.4, 0.5) is 10.8 Å². The van der Waals surface area contributed by atoms with Gasteiger partial charge in [-0.3, -0.25) is 4.72 Å². The fourth-order valence-electron chi connectivity index (χ4n) is 1.89. The number of nitrogens with one attached hydrogen (secondary N) is 1. The highest BCUT2D eigenvalue weighted by molar-refractivity contribution is 7.93. The van der Waals surface area contributed by atoms with Crippen LogP contribution >= 0.6 is 22.9 Å². The highest BCUT2D eigenvalue weighted by Gasteiger charge is 2.16. The van der Waals surface area contributed by atoms with Crippen molar-refractivity contribution in [2.45, 2.75) is 4.90 Å². The molecule has 3 aromatic rings. The number of benzene rings is 2. The van der Waals surface area contributed by atoms with Crippen LogP contribution in [0, 0.1) is 0 Å². The maximum atomic E-state index is 12.3. The Morgan fingerprint density at radius 3 is 2.35 bits per heavy atom. The van der Waals surface area contributed by atoms with Gasteiger partial charge in [-0.15, -0.1) is 11.3 Å². The minimum atomic E-state index is -3.69. The van der Waals surface area contributed by atoms with Crippen molar-refractivity contribution in [3.05, 3.63) is 58.9 Å². The summed E-state index contributed by atoms with van der Waals surface area (Å²) in [5.74, 6) is 0. The van der Waals surface area contributed by atoms with Crippen LogP contribution in [0.15, 0.2) is 58.8 Å². The predicted octanol–water partition coefficient (Wildman–Crippen LogP) is 3.85. The van der Waals surface area contributed by atoms with Crippen LogP contribution in [0.5, 0.6) is 0 Å². The molecule has 0 atom stereocenters. The Bertz CT molecular complexity index is 920. The Hall–Kier alpha value is -2.09. The van der Waals surface area contributed by atoms with Gasteiger partial charge < -0.3 is 5.73 Å². The van der Waals surface area contributed by atoms with Crippen molar-refractivity contribution in [2.75, 3.05) is 10.5 Å². The monoisotopic (exact) mass is 365 g/mol. The number of aromatic nitrogens is 1. The summed E-state index contributed by atoms with van der Waals surface area (Å²) >= 11 is 6.98. The molecule has 3 N–H and O–H groups in total. The van der Waals surface area contributed by atoms with Gasteiger partial charge in [-0.2, -0.15) is 0 Å². The summed E-state index contributed by atoms with van der Waals surface area (Å²) in [6.07, 6.45) is 0. The molecule has 0 saturated heterocycles. The van der Waals surface area contributed by atoms with Gasteiger partial charge in [-0.1, -0.05) is 23.7 Å². The van der Waals surface area contributed by atoms with Crippen LogP contribution in [0.25, 0.3) is 11.3 Å². The van der Waals surface area contributed by atoms with E-state index in [1.54, 1.807) is 17.5 Å². The van der Waals surface area contributed by atoms with E-state index in [1.165, 1.54) is 35.6 Å². The topological polar surface area (TPSA) is 85.1 Å². The molecule has 0 radical (unpaired) electrons. The van der Waals surface area contributed by atoms with Crippen LogP contribution in [0.3, 0.4) is 0 Å². The third-order valence-corrected chi connectivity index (χ3v) is 5.55. The smallest absolute Gasteiger partial charge is 0.263 e. The number of hydrogen-bond donors (Lipinski definition) is 2. The largest absolute Gasteiger partial charge is 0.399 e. The third-order valence-electron chi connectivity index (χ3n) is 3.06. The molecule has 0 fully saturated rings. The second-order valence-corrected chi connectivity index (χ2v) is 7.70. The van der Waals surface area contributed by atoms with Crippen LogP contribution in [-0.4, -0.2) is 13.4 Å². The molecule has 0 aliphatic rings. The number of nitrogens with zero attached hydrogens (tertiary/aromatic N) is 1. The molecule has 23 heavy (non-hydrogen) atoms. The number of hydrogen-bond acceptors (Lipinski definition) is 5. The van der Waals surface area contributed by atoms with Gasteiger partial charge in [0.05, 0.1) is 10.6 Å². The van der Waals surface area contributed by atoms with E-state index in [1.807, 2.05) is 12.1 Å². The van der Waals surface area contributed by atoms with Gasteiger partial charge in [0.25, 0.3) is 10.0 Å². The van der Waals surface area contributed by atoms with Crippen molar-refractivity contribution < 1.29 is 8.42 Å². The Kier molecular flexibility index (Phi) is 4.25. The molecule has 1 aromatic heterocycles. The molecule has 8 heteroatoms. The number of anilines is 2. The molecule has 3 rings (SSSR count). The predicted molar refractivity (Wildman–Crippen MR) is 94.2 cm³/mol. The van der Waals surface area contributed by atoms with E-state index in [0.717, 1.165) is 5.56 Å². The lowest BCUT2D eigenvalue weighted by Gasteiger charge is -2.05. The van der Waals surface area contributed by atoms with Gasteiger partial charge >= 0.3 is 0 Å². The first-order valence-corrected chi connectivity index (χ1v) is 9.28. The fraction of sp³-hybridized carbons (Fsp3) is 0. The first-order valence-electron chi connectivity index (χ1n) is 6.54. The number of rotatable bonds is 4. The molecule has 1 heterocycles. The summed E-state index contributed by atoms with van der Waals surface area (Å²) in [5.41, 5.74) is 7.86. The lowest BCUT2D eigenvalue weighted by molar-refractivity contribution is 0.601. The van der Waals surface area contributed by atoms with Gasteiger partial charge in [-0.05, 0) is 36.4 Å². The van der Waals surface area contributed by atoms with Crippen LogP contribution in [-0.2, 0) is 10.0 Å². The molecule has 0 bridgehead atoms. The highest BCUT2D eigenvalue weighted by Crippen LogP contribution is 2.27. The average molecular weight is 366 g/mol. The second kappa shape index (κ2) is 6.19. The molecular weight excluding hydrogens is 354 g/mol. The molecule has 5 nitrogen and oxygen atoms in total. The van der Waals surface area contributed by atoms with E-state index < -0.39 is 10.0 Å². The Labute approximate surface area is 142 Å². The zero-order valence-corrected chi connectivity index (χ0v) is 14.1. The molecule has 0 aliphatic carbocycles. The van der Waals surface area contributed by atoms with Crippen molar-refractivity contribution in [1.29, 1.82) is 0 Å². The SMILES string of the molecule is Nc1ccc(-c2csc(NS(=O)(=O)c3ccc(Cl)cc3)n2)cc1. The molecule has 0 amide bonds. The highest BCUT2D eigenvalue weighted by atomic mass is 35.5. The molecule has 0 spiro atoms. The van der Waals surface area contributed by atoms with E-state index in [0.29, 0.717) is 21.5 Å². The second-order valence-electron chi connectivity index (χ2n) is 4.72. The number of nitrogen functional groups attached to an aromatic ring is 1. The van der Waals surface area contributed by atoms with E-state index in [4.69, 9.17) is 17.3 Å². The first kappa shape index (κ1) is 15.8. The van der Waals surface area contributed by atoms with Crippen LogP contribution < -0.4 is 10.5 Å². The number of halogens is 1. The maximum absolute atomic E-state index is 12.3. The summed E-state index contributed by atoms with van der Waals surface area (Å²) < 4.78 is 27.1. The van der Waals surface area contributed by atoms with E-state index in [-0.39, 0.29) is 4.90 Å². The zero-order chi connectivity index (χ0) is 16.4. The van der Waals surface area contributed by atoms with Gasteiger partial charge in [0.2, 0.25) is 0 Å². The van der Waals surface area contributed by atoms with Gasteiger partial charge in [0, 0.05) is 21.7 Å². The quantitative estimate of drug-likeness (QED) is 0.688. The van der Waals surface area contributed by atoms with Crippen LogP contribution in [0.2, 0.25) is 5.02 Å². The van der Waals surface area contributed by atoms with Crippen molar-refractivity contribution in [1.82, 2.24) is 4.98 Å². The fourth-order valence-corrected chi connectivity index (χ4v) is 3.99. The lowest BCUT2D eigenvalue weighted by atomic mass is 10.2. The minimum Gasteiger partial charge on any atom is -0.399 e. The molecule has 0 aliphatic heterocycles. The van der Waals surface area contributed by atoms with Gasteiger partial charge in [0.1, 0.15) is 0 Å². The summed E-state index contributed by atoms with van der Waals surface area (Å²) in [6.45, 7) is 0. The number of sulfonamides is 1. The Morgan fingerprint density at radius 2 is 1.70 bits per heavy atom. The zero-order valence-electron chi connectivity index (χ0n) is 11.7. The summed E-state index contributed by atoms with van der Waals surface area (Å²) in [6, 6.07) is 13.1. The van der Waals surface area contributed by atoms with Crippen molar-refractivity contribution in [3.8, 4) is 11.3 Å². The average Bonchev–Trinajstić information content (AvgIpc) is 2.96. The summed E-state index contributed by atoms with van der Waals surface area (Å²) in [7, 11) is -3.69. The normalized spacial score (nSPS) is 11.3. The maximum Gasteiger partial charge on any atom is 0.263 e. The van der Waals surface area contributed by atoms with Crippen molar-refractivity contribution in [3.63, 3.8) is 0 Å². The van der Waals surface area contributed by atoms with Gasteiger partial charge in [0.15, 0.2) is 5.13 Å². The molecule has 2 aromatic carbocycles. The summed E-state index contributed by atoms with van der Waals surface area (Å²) in [5, 5.41) is 2.56. The van der Waals surface area contributed by atoms with E-state index >= 15 is 0 Å². The number of nitrogens with two attached hydrogens (primary N) is 1. The van der Waals surface area contributed by atoms with Gasteiger partial charge in [-0.25, -0.2) is 13.4 Å². The lowest BCUT2D eigenvalue weighted by Crippen LogP contribution is -2.12.